The van der Waals surface area contributed by atoms with E-state index >= 15 is 0 Å². The monoisotopic (exact) mass is 372 g/mol. The fraction of sp³-hybridized carbons (Fsp3) is 0.389. The second-order valence-corrected chi connectivity index (χ2v) is 8.05. The SMILES string of the molecule is CCc1cnc(OC2CCCN(S(=O)(=O)c3ccc(C#N)cc3)C2)nc1. The topological polar surface area (TPSA) is 96.2 Å². The molecule has 1 aromatic carbocycles. The highest BCUT2D eigenvalue weighted by molar-refractivity contribution is 7.89. The van der Waals surface area contributed by atoms with E-state index in [2.05, 4.69) is 9.97 Å². The van der Waals surface area contributed by atoms with Crippen molar-refractivity contribution in [1.82, 2.24) is 14.3 Å². The van der Waals surface area contributed by atoms with Crippen molar-refractivity contribution < 1.29 is 13.2 Å². The third-order valence-corrected chi connectivity index (χ3v) is 6.20. The predicted molar refractivity (Wildman–Crippen MR) is 95.0 cm³/mol. The Labute approximate surface area is 153 Å². The van der Waals surface area contributed by atoms with E-state index < -0.39 is 10.0 Å². The van der Waals surface area contributed by atoms with Crippen molar-refractivity contribution >= 4 is 10.0 Å². The second kappa shape index (κ2) is 7.81. The summed E-state index contributed by atoms with van der Waals surface area (Å²) in [6.45, 7) is 2.71. The summed E-state index contributed by atoms with van der Waals surface area (Å²) in [5.74, 6) is 0. The molecule has 2 aromatic rings. The molecular weight excluding hydrogens is 352 g/mol. The van der Waals surface area contributed by atoms with Gasteiger partial charge in [-0.3, -0.25) is 0 Å². The van der Waals surface area contributed by atoms with Crippen molar-refractivity contribution in [3.05, 3.63) is 47.8 Å². The smallest absolute Gasteiger partial charge is 0.316 e. The minimum Gasteiger partial charge on any atom is -0.459 e. The van der Waals surface area contributed by atoms with Crippen molar-refractivity contribution in [1.29, 1.82) is 5.26 Å². The van der Waals surface area contributed by atoms with E-state index in [-0.39, 0.29) is 23.6 Å². The van der Waals surface area contributed by atoms with Gasteiger partial charge in [0.25, 0.3) is 0 Å². The summed E-state index contributed by atoms with van der Waals surface area (Å²) in [6, 6.07) is 8.20. The molecule has 1 fully saturated rings. The van der Waals surface area contributed by atoms with Gasteiger partial charge in [0.05, 0.1) is 23.1 Å². The molecule has 1 saturated heterocycles. The summed E-state index contributed by atoms with van der Waals surface area (Å²) in [4.78, 5) is 8.53. The Morgan fingerprint density at radius 3 is 2.58 bits per heavy atom. The molecule has 0 bridgehead atoms. The average Bonchev–Trinajstić information content (AvgIpc) is 2.69. The highest BCUT2D eigenvalue weighted by Crippen LogP contribution is 2.23. The van der Waals surface area contributed by atoms with Crippen LogP contribution in [0.5, 0.6) is 6.01 Å². The lowest BCUT2D eigenvalue weighted by Crippen LogP contribution is -2.44. The molecule has 26 heavy (non-hydrogen) atoms. The van der Waals surface area contributed by atoms with Crippen LogP contribution in [0, 0.1) is 11.3 Å². The van der Waals surface area contributed by atoms with E-state index in [4.69, 9.17) is 10.00 Å². The van der Waals surface area contributed by atoms with Crippen LogP contribution in [0.3, 0.4) is 0 Å². The Morgan fingerprint density at radius 1 is 1.27 bits per heavy atom. The Morgan fingerprint density at radius 2 is 1.96 bits per heavy atom. The molecule has 7 nitrogen and oxygen atoms in total. The Balaban J connectivity index is 1.71. The van der Waals surface area contributed by atoms with E-state index in [0.717, 1.165) is 18.4 Å². The largest absolute Gasteiger partial charge is 0.459 e. The zero-order valence-corrected chi connectivity index (χ0v) is 15.3. The summed E-state index contributed by atoms with van der Waals surface area (Å²) >= 11 is 0. The Hall–Kier alpha value is -2.50. The van der Waals surface area contributed by atoms with Crippen molar-refractivity contribution in [2.45, 2.75) is 37.2 Å². The predicted octanol–water partition coefficient (Wildman–Crippen LogP) is 2.14. The number of aromatic nitrogens is 2. The third-order valence-electron chi connectivity index (χ3n) is 4.32. The molecule has 1 aliphatic heterocycles. The zero-order valence-electron chi connectivity index (χ0n) is 14.5. The summed E-state index contributed by atoms with van der Waals surface area (Å²) in [5, 5.41) is 8.85. The van der Waals surface area contributed by atoms with Crippen LogP contribution in [0.4, 0.5) is 0 Å². The van der Waals surface area contributed by atoms with Crippen LogP contribution >= 0.6 is 0 Å². The molecule has 0 aliphatic carbocycles. The zero-order chi connectivity index (χ0) is 18.6. The lowest BCUT2D eigenvalue weighted by molar-refractivity contribution is 0.119. The molecule has 0 saturated carbocycles. The molecule has 0 radical (unpaired) electrons. The number of ether oxygens (including phenoxy) is 1. The molecule has 0 N–H and O–H groups in total. The van der Waals surface area contributed by atoms with E-state index in [1.54, 1.807) is 12.4 Å². The standard InChI is InChI=1S/C18H20N4O3S/c1-2-14-11-20-18(21-12-14)25-16-4-3-9-22(13-16)26(23,24)17-7-5-15(10-19)6-8-17/h5-8,11-12,16H,2-4,9,13H2,1H3. The van der Waals surface area contributed by atoms with E-state index in [1.165, 1.54) is 28.6 Å². The summed E-state index contributed by atoms with van der Waals surface area (Å²) in [5.41, 5.74) is 1.45. The molecule has 8 heteroatoms. The number of benzene rings is 1. The van der Waals surface area contributed by atoms with E-state index in [9.17, 15) is 8.42 Å². The average molecular weight is 372 g/mol. The van der Waals surface area contributed by atoms with Crippen molar-refractivity contribution in [3.8, 4) is 12.1 Å². The minimum atomic E-state index is -3.62. The molecule has 1 aromatic heterocycles. The van der Waals surface area contributed by atoms with Gasteiger partial charge in [0.1, 0.15) is 6.10 Å². The maximum absolute atomic E-state index is 12.8. The van der Waals surface area contributed by atoms with Gasteiger partial charge in [-0.2, -0.15) is 9.57 Å². The maximum atomic E-state index is 12.8. The number of sulfonamides is 1. The highest BCUT2D eigenvalue weighted by Gasteiger charge is 2.31. The van der Waals surface area contributed by atoms with Crippen LogP contribution in [0.2, 0.25) is 0 Å². The number of rotatable bonds is 5. The minimum absolute atomic E-state index is 0.181. The Bertz CT molecular complexity index is 890. The molecule has 0 amide bonds. The van der Waals surface area contributed by atoms with Crippen LogP contribution in [0.1, 0.15) is 30.9 Å². The fourth-order valence-electron chi connectivity index (χ4n) is 2.81. The molecule has 1 atom stereocenters. The molecular formula is C18H20N4O3S. The molecule has 1 aliphatic rings. The van der Waals surface area contributed by atoms with Gasteiger partial charge in [0.15, 0.2) is 0 Å². The van der Waals surface area contributed by atoms with Gasteiger partial charge in [-0.1, -0.05) is 6.92 Å². The number of aryl methyl sites for hydroxylation is 1. The van der Waals surface area contributed by atoms with Crippen LogP contribution in [0.25, 0.3) is 0 Å². The van der Waals surface area contributed by atoms with Gasteiger partial charge >= 0.3 is 6.01 Å². The lowest BCUT2D eigenvalue weighted by Gasteiger charge is -2.31. The summed E-state index contributed by atoms with van der Waals surface area (Å²) < 4.78 is 32.8. The van der Waals surface area contributed by atoms with E-state index in [0.29, 0.717) is 18.5 Å². The molecule has 3 rings (SSSR count). The maximum Gasteiger partial charge on any atom is 0.316 e. The number of nitriles is 1. The first-order chi connectivity index (χ1) is 12.5. The van der Waals surface area contributed by atoms with Crippen LogP contribution < -0.4 is 4.74 Å². The van der Waals surface area contributed by atoms with Crippen molar-refractivity contribution in [2.75, 3.05) is 13.1 Å². The van der Waals surface area contributed by atoms with Gasteiger partial charge in [-0.25, -0.2) is 18.4 Å². The molecule has 2 heterocycles. The first kappa shape index (κ1) is 18.3. The first-order valence-electron chi connectivity index (χ1n) is 8.51. The number of hydrogen-bond donors (Lipinski definition) is 0. The molecule has 136 valence electrons. The Kier molecular flexibility index (Phi) is 5.49. The first-order valence-corrected chi connectivity index (χ1v) is 9.95. The quantitative estimate of drug-likeness (QED) is 0.798. The van der Waals surface area contributed by atoms with E-state index in [1.807, 2.05) is 13.0 Å². The highest BCUT2D eigenvalue weighted by atomic mass is 32.2. The normalized spacial score (nSPS) is 18.2. The summed E-state index contributed by atoms with van der Waals surface area (Å²) in [6.07, 6.45) is 5.45. The lowest BCUT2D eigenvalue weighted by atomic mass is 10.1. The van der Waals surface area contributed by atoms with Crippen LogP contribution in [-0.2, 0) is 16.4 Å². The molecule has 0 spiro atoms. The number of hydrogen-bond acceptors (Lipinski definition) is 6. The van der Waals surface area contributed by atoms with Crippen molar-refractivity contribution in [3.63, 3.8) is 0 Å². The molecule has 1 unspecified atom stereocenters. The second-order valence-electron chi connectivity index (χ2n) is 6.11. The number of nitrogens with zero attached hydrogens (tertiary/aromatic N) is 4. The van der Waals surface area contributed by atoms with Gasteiger partial charge in [-0.15, -0.1) is 0 Å². The van der Waals surface area contributed by atoms with Gasteiger partial charge in [-0.05, 0) is 49.1 Å². The van der Waals surface area contributed by atoms with Crippen molar-refractivity contribution in [2.24, 2.45) is 0 Å². The van der Waals surface area contributed by atoms with Gasteiger partial charge < -0.3 is 4.74 Å². The van der Waals surface area contributed by atoms with Gasteiger partial charge in [0.2, 0.25) is 10.0 Å². The van der Waals surface area contributed by atoms with Gasteiger partial charge in [0, 0.05) is 18.9 Å². The fourth-order valence-corrected chi connectivity index (χ4v) is 4.32. The van der Waals surface area contributed by atoms with Crippen LogP contribution in [0.15, 0.2) is 41.6 Å². The van der Waals surface area contributed by atoms with Crippen LogP contribution in [-0.4, -0.2) is 41.9 Å². The number of piperidine rings is 1. The third kappa shape index (κ3) is 4.00. The summed E-state index contributed by atoms with van der Waals surface area (Å²) in [7, 11) is -3.62.